The Labute approximate surface area is 375 Å². The Morgan fingerprint density at radius 3 is 1.70 bits per heavy atom. The maximum atomic E-state index is 14.4. The molecule has 0 spiro atoms. The fourth-order valence-electron chi connectivity index (χ4n) is 6.02. The van der Waals surface area contributed by atoms with Crippen LogP contribution in [-0.4, -0.2) is 37.4 Å². The first-order chi connectivity index (χ1) is 29.4. The van der Waals surface area contributed by atoms with E-state index in [0.717, 1.165) is 34.1 Å². The van der Waals surface area contributed by atoms with E-state index in [2.05, 4.69) is 0 Å². The number of ether oxygens (including phenoxy) is 5. The number of phenolic OH excluding ortho intramolecular Hbond substituents is 1. The van der Waals surface area contributed by atoms with Crippen molar-refractivity contribution in [3.63, 3.8) is 0 Å². The number of aromatic hydroxyl groups is 1. The largest absolute Gasteiger partial charge is 0.507 e. The topological polar surface area (TPSA) is 131 Å². The summed E-state index contributed by atoms with van der Waals surface area (Å²) in [6, 6.07) is 26.3. The van der Waals surface area contributed by atoms with E-state index in [1.807, 2.05) is 56.3 Å². The van der Waals surface area contributed by atoms with Crippen molar-refractivity contribution in [3.05, 3.63) is 126 Å². The van der Waals surface area contributed by atoms with Crippen LogP contribution >= 0.6 is 65.8 Å². The standard InChI is InChI=1S/C45H36O10S6/c1-25(2)4-17-32-34(51-20-18-37(47)53-30-13-5-26(6-14-30)35-23-39(56)60-58-35)22-33(46)41-42(49)45(43(55-44(32)41)28-9-11-29(50-3)12-10-28)52-21-19-38(48)54-31-15-7-27(8-16-31)36-24-40(57)61-59-36/h4-16,22-24,46H,17-21H2,1-3H3. The zero-order valence-corrected chi connectivity index (χ0v) is 37.7. The Morgan fingerprint density at radius 1 is 0.705 bits per heavy atom. The molecule has 16 heteroatoms. The van der Waals surface area contributed by atoms with Crippen LogP contribution in [0.25, 0.3) is 43.2 Å². The van der Waals surface area contributed by atoms with Gasteiger partial charge in [0.05, 0.1) is 33.2 Å². The lowest BCUT2D eigenvalue weighted by molar-refractivity contribution is -0.135. The van der Waals surface area contributed by atoms with E-state index in [9.17, 15) is 19.5 Å². The van der Waals surface area contributed by atoms with Crippen LogP contribution in [-0.2, 0) is 16.0 Å². The maximum absolute atomic E-state index is 14.4. The quantitative estimate of drug-likeness (QED) is 0.0325. The molecule has 7 rings (SSSR count). The fraction of sp³-hybridized carbons (Fsp3) is 0.178. The summed E-state index contributed by atoms with van der Waals surface area (Å²) in [6.45, 7) is 3.53. The molecule has 0 unspecified atom stereocenters. The molecule has 0 saturated heterocycles. The minimum atomic E-state index is -0.658. The van der Waals surface area contributed by atoms with Crippen LogP contribution in [0.2, 0.25) is 0 Å². The Bertz CT molecular complexity index is 2900. The zero-order chi connectivity index (χ0) is 43.0. The molecule has 4 aromatic carbocycles. The number of rotatable bonds is 16. The smallest absolute Gasteiger partial charge is 0.314 e. The van der Waals surface area contributed by atoms with Gasteiger partial charge in [-0.15, -0.1) is 0 Å². The second-order valence-electron chi connectivity index (χ2n) is 13.6. The van der Waals surface area contributed by atoms with Gasteiger partial charge in [-0.25, -0.2) is 0 Å². The second kappa shape index (κ2) is 19.9. The molecule has 10 nitrogen and oxygen atoms in total. The number of phenols is 1. The number of benzene rings is 4. The van der Waals surface area contributed by atoms with Crippen LogP contribution in [0, 0.1) is 7.65 Å². The average molecular weight is 929 g/mol. The zero-order valence-electron chi connectivity index (χ0n) is 32.8. The van der Waals surface area contributed by atoms with E-state index in [4.69, 9.17) is 52.5 Å². The van der Waals surface area contributed by atoms with Gasteiger partial charge in [-0.05, 0) is 116 Å². The third kappa shape index (κ3) is 10.9. The van der Waals surface area contributed by atoms with E-state index in [-0.39, 0.29) is 60.7 Å². The molecule has 3 aromatic heterocycles. The molecule has 0 aliphatic heterocycles. The molecule has 0 radical (unpaired) electrons. The van der Waals surface area contributed by atoms with Gasteiger partial charge in [0.2, 0.25) is 11.2 Å². The van der Waals surface area contributed by atoms with Crippen molar-refractivity contribution < 1.29 is 42.8 Å². The van der Waals surface area contributed by atoms with Crippen LogP contribution in [0.5, 0.6) is 34.5 Å². The summed E-state index contributed by atoms with van der Waals surface area (Å²) in [7, 11) is 7.74. The molecule has 0 aliphatic carbocycles. The Morgan fingerprint density at radius 2 is 1.21 bits per heavy atom. The summed E-state index contributed by atoms with van der Waals surface area (Å²) < 4.78 is 36.7. The lowest BCUT2D eigenvalue weighted by Crippen LogP contribution is -2.17. The molecular formula is C45H36O10S6. The van der Waals surface area contributed by atoms with E-state index < -0.39 is 23.1 Å². The highest BCUT2D eigenvalue weighted by Crippen LogP contribution is 2.40. The van der Waals surface area contributed by atoms with Crippen molar-refractivity contribution in [2.24, 2.45) is 0 Å². The third-order valence-corrected chi connectivity index (χ3v) is 14.8. The fourth-order valence-corrected chi connectivity index (χ4v) is 10.8. The van der Waals surface area contributed by atoms with Crippen molar-refractivity contribution in [3.8, 4) is 66.7 Å². The first-order valence-corrected chi connectivity index (χ1v) is 23.8. The first kappa shape index (κ1) is 43.6. The highest BCUT2D eigenvalue weighted by atomic mass is 32.9. The van der Waals surface area contributed by atoms with Gasteiger partial charge in [-0.3, -0.25) is 14.4 Å². The van der Waals surface area contributed by atoms with Crippen molar-refractivity contribution in [2.45, 2.75) is 33.1 Å². The van der Waals surface area contributed by atoms with Crippen molar-refractivity contribution >= 4 is 88.7 Å². The van der Waals surface area contributed by atoms with Crippen molar-refractivity contribution in [1.82, 2.24) is 0 Å². The number of hydrogen-bond acceptors (Lipinski definition) is 16. The van der Waals surface area contributed by atoms with Gasteiger partial charge >= 0.3 is 11.9 Å². The van der Waals surface area contributed by atoms with Crippen LogP contribution in [0.4, 0.5) is 0 Å². The van der Waals surface area contributed by atoms with Gasteiger partial charge < -0.3 is 33.2 Å². The molecule has 312 valence electrons. The van der Waals surface area contributed by atoms with Crippen LogP contribution in [0.3, 0.4) is 0 Å². The summed E-state index contributed by atoms with van der Waals surface area (Å²) in [6.07, 6.45) is 1.89. The highest BCUT2D eigenvalue weighted by molar-refractivity contribution is 7.80. The monoisotopic (exact) mass is 928 g/mol. The Hall–Kier alpha value is -5.49. The molecule has 3 heterocycles. The van der Waals surface area contributed by atoms with E-state index in [1.165, 1.54) is 33.9 Å². The molecule has 0 fully saturated rings. The van der Waals surface area contributed by atoms with Gasteiger partial charge in [-0.2, -0.15) is 0 Å². The maximum Gasteiger partial charge on any atom is 0.314 e. The number of carbonyl (C=O) groups is 2. The summed E-state index contributed by atoms with van der Waals surface area (Å²) in [5.41, 5.74) is 3.27. The third-order valence-electron chi connectivity index (χ3n) is 9.02. The molecule has 0 saturated carbocycles. The van der Waals surface area contributed by atoms with E-state index >= 15 is 0 Å². The Balaban J connectivity index is 1.11. The number of hydrogen-bond donors (Lipinski definition) is 1. The number of methoxy groups -OCH3 is 1. The summed E-state index contributed by atoms with van der Waals surface area (Å²) in [5, 5.41) is 11.2. The van der Waals surface area contributed by atoms with E-state index in [0.29, 0.717) is 28.4 Å². The molecule has 0 bridgehead atoms. The molecule has 0 amide bonds. The molecule has 0 aliphatic rings. The average Bonchev–Trinajstić information content (AvgIpc) is 3.89. The normalized spacial score (nSPS) is 10.9. The number of carbonyl (C=O) groups excluding carboxylic acids is 2. The number of esters is 2. The predicted octanol–water partition coefficient (Wildman–Crippen LogP) is 12.5. The summed E-state index contributed by atoms with van der Waals surface area (Å²) in [4.78, 5) is 42.2. The highest BCUT2D eigenvalue weighted by Gasteiger charge is 2.25. The molecule has 61 heavy (non-hydrogen) atoms. The van der Waals surface area contributed by atoms with Gasteiger partial charge in [0.15, 0.2) is 5.76 Å². The number of fused-ring (bicyclic) bond motifs is 1. The summed E-state index contributed by atoms with van der Waals surface area (Å²) in [5.74, 6) is -0.131. The van der Waals surface area contributed by atoms with Gasteiger partial charge in [-0.1, -0.05) is 77.4 Å². The van der Waals surface area contributed by atoms with E-state index in [1.54, 1.807) is 69.2 Å². The number of allylic oxidation sites excluding steroid dienone is 2. The van der Waals surface area contributed by atoms with Gasteiger partial charge in [0, 0.05) is 26.9 Å². The minimum Gasteiger partial charge on any atom is -0.507 e. The first-order valence-electron chi connectivity index (χ1n) is 18.7. The lowest BCUT2D eigenvalue weighted by atomic mass is 10.0. The minimum absolute atomic E-state index is 0.0646. The predicted molar refractivity (Wildman–Crippen MR) is 248 cm³/mol. The van der Waals surface area contributed by atoms with Crippen LogP contribution in [0.1, 0.15) is 32.3 Å². The molecule has 7 aromatic rings. The molecule has 0 atom stereocenters. The van der Waals surface area contributed by atoms with Crippen molar-refractivity contribution in [2.75, 3.05) is 20.3 Å². The second-order valence-corrected chi connectivity index (χ2v) is 19.4. The molecule has 1 N–H and O–H groups in total. The summed E-state index contributed by atoms with van der Waals surface area (Å²) >= 11 is 10.5. The molecular weight excluding hydrogens is 893 g/mol. The van der Waals surface area contributed by atoms with Crippen molar-refractivity contribution in [1.29, 1.82) is 0 Å². The lowest BCUT2D eigenvalue weighted by Gasteiger charge is -2.17. The van der Waals surface area contributed by atoms with Crippen LogP contribution < -0.4 is 29.1 Å². The van der Waals surface area contributed by atoms with Gasteiger partial charge in [0.1, 0.15) is 47.4 Å². The Kier molecular flexibility index (Phi) is 14.2. The van der Waals surface area contributed by atoms with Crippen LogP contribution in [0.15, 0.2) is 112 Å². The SMILES string of the molecule is COc1ccc(-c2oc3c(CC=C(C)C)c(OCCC(=O)Oc4ccc(-c5cc(=S)ss5)cc4)cc(O)c3c(=O)c2OCCC(=O)Oc2ccc(-c3cc(=S)ss3)cc2)cc1. The van der Waals surface area contributed by atoms with Gasteiger partial charge in [0.25, 0.3) is 0 Å².